The third-order valence-electron chi connectivity index (χ3n) is 5.65. The molecule has 1 fully saturated rings. The minimum atomic E-state index is -0.459. The second-order valence-electron chi connectivity index (χ2n) is 7.46. The van der Waals surface area contributed by atoms with Gasteiger partial charge in [0.05, 0.1) is 0 Å². The van der Waals surface area contributed by atoms with Crippen LogP contribution in [-0.4, -0.2) is 43.8 Å². The van der Waals surface area contributed by atoms with E-state index in [9.17, 15) is 4.39 Å². The maximum Gasteiger partial charge on any atom is 0.250 e. The number of aromatic nitrogens is 4. The van der Waals surface area contributed by atoms with Crippen LogP contribution in [0.5, 0.6) is 5.88 Å². The number of rotatable bonds is 5. The van der Waals surface area contributed by atoms with Gasteiger partial charge in [-0.25, -0.2) is 9.37 Å². The molecule has 0 N–H and O–H groups in total. The summed E-state index contributed by atoms with van der Waals surface area (Å²) in [5, 5.41) is 8.63. The SMILES string of the molecule is CC1Cc2nnc(COc3ncccc3F)n2CCN1CC1CCCC1. The minimum Gasteiger partial charge on any atom is -0.467 e. The summed E-state index contributed by atoms with van der Waals surface area (Å²) in [7, 11) is 0. The quantitative estimate of drug-likeness (QED) is 0.822. The highest BCUT2D eigenvalue weighted by molar-refractivity contribution is 5.13. The molecule has 26 heavy (non-hydrogen) atoms. The predicted molar refractivity (Wildman–Crippen MR) is 95.2 cm³/mol. The van der Waals surface area contributed by atoms with Crippen molar-refractivity contribution in [1.29, 1.82) is 0 Å². The van der Waals surface area contributed by atoms with Gasteiger partial charge in [-0.3, -0.25) is 4.90 Å². The molecule has 1 aliphatic carbocycles. The van der Waals surface area contributed by atoms with Gasteiger partial charge in [0, 0.05) is 38.3 Å². The lowest BCUT2D eigenvalue weighted by Crippen LogP contribution is -2.38. The van der Waals surface area contributed by atoms with Crippen molar-refractivity contribution in [3.05, 3.63) is 35.8 Å². The van der Waals surface area contributed by atoms with Gasteiger partial charge in [-0.05, 0) is 37.8 Å². The zero-order valence-corrected chi connectivity index (χ0v) is 15.3. The molecule has 0 amide bonds. The molecular weight excluding hydrogens is 333 g/mol. The van der Waals surface area contributed by atoms with Gasteiger partial charge < -0.3 is 9.30 Å². The fraction of sp³-hybridized carbons (Fsp3) is 0.632. The maximum absolute atomic E-state index is 13.7. The molecule has 1 unspecified atom stereocenters. The number of pyridine rings is 1. The summed E-state index contributed by atoms with van der Waals surface area (Å²) >= 11 is 0. The highest BCUT2D eigenvalue weighted by Gasteiger charge is 2.27. The van der Waals surface area contributed by atoms with Crippen LogP contribution in [0.1, 0.15) is 44.3 Å². The number of hydrogen-bond donors (Lipinski definition) is 0. The Morgan fingerprint density at radius 1 is 1.23 bits per heavy atom. The summed E-state index contributed by atoms with van der Waals surface area (Å²) in [6, 6.07) is 3.35. The Hall–Kier alpha value is -2.02. The Bertz CT molecular complexity index is 743. The molecule has 2 aromatic heterocycles. The van der Waals surface area contributed by atoms with E-state index >= 15 is 0 Å². The first-order valence-electron chi connectivity index (χ1n) is 9.59. The Morgan fingerprint density at radius 2 is 2.08 bits per heavy atom. The first-order valence-corrected chi connectivity index (χ1v) is 9.59. The second kappa shape index (κ2) is 7.70. The molecule has 1 saturated carbocycles. The molecule has 0 aromatic carbocycles. The molecule has 3 heterocycles. The first kappa shape index (κ1) is 17.4. The monoisotopic (exact) mass is 359 g/mol. The molecule has 7 heteroatoms. The first-order chi connectivity index (χ1) is 12.7. The fourth-order valence-electron chi connectivity index (χ4n) is 4.14. The van der Waals surface area contributed by atoms with Crippen LogP contribution in [0.15, 0.2) is 18.3 Å². The van der Waals surface area contributed by atoms with Gasteiger partial charge in [0.25, 0.3) is 5.88 Å². The Kier molecular flexibility index (Phi) is 5.15. The van der Waals surface area contributed by atoms with Crippen LogP contribution in [0, 0.1) is 11.7 Å². The van der Waals surface area contributed by atoms with Crippen molar-refractivity contribution >= 4 is 0 Å². The van der Waals surface area contributed by atoms with E-state index in [-0.39, 0.29) is 12.5 Å². The minimum absolute atomic E-state index is 0.00898. The molecule has 0 saturated heterocycles. The van der Waals surface area contributed by atoms with Crippen LogP contribution in [0.25, 0.3) is 0 Å². The van der Waals surface area contributed by atoms with Crippen molar-refractivity contribution in [2.24, 2.45) is 5.92 Å². The van der Waals surface area contributed by atoms with Crippen LogP contribution in [0.2, 0.25) is 0 Å². The van der Waals surface area contributed by atoms with Crippen molar-refractivity contribution < 1.29 is 9.13 Å². The fourth-order valence-corrected chi connectivity index (χ4v) is 4.14. The molecule has 1 atom stereocenters. The van der Waals surface area contributed by atoms with Crippen LogP contribution in [-0.2, 0) is 19.6 Å². The van der Waals surface area contributed by atoms with Gasteiger partial charge in [0.2, 0.25) is 0 Å². The molecule has 6 nitrogen and oxygen atoms in total. The third kappa shape index (κ3) is 3.72. The van der Waals surface area contributed by atoms with E-state index in [1.54, 1.807) is 6.07 Å². The largest absolute Gasteiger partial charge is 0.467 e. The zero-order valence-electron chi connectivity index (χ0n) is 15.3. The summed E-state index contributed by atoms with van der Waals surface area (Å²) in [6.07, 6.45) is 7.89. The Balaban J connectivity index is 1.42. The number of halogens is 1. The van der Waals surface area contributed by atoms with Crippen molar-refractivity contribution in [3.63, 3.8) is 0 Å². The average Bonchev–Trinajstić information content (AvgIpc) is 3.25. The van der Waals surface area contributed by atoms with E-state index in [2.05, 4.69) is 31.6 Å². The van der Waals surface area contributed by atoms with E-state index in [1.807, 2.05) is 0 Å². The summed E-state index contributed by atoms with van der Waals surface area (Å²) in [6.45, 7) is 5.48. The highest BCUT2D eigenvalue weighted by Crippen LogP contribution is 2.27. The lowest BCUT2D eigenvalue weighted by molar-refractivity contribution is 0.178. The van der Waals surface area contributed by atoms with Gasteiger partial charge in [-0.1, -0.05) is 12.8 Å². The van der Waals surface area contributed by atoms with E-state index in [0.29, 0.717) is 6.04 Å². The molecule has 1 aliphatic heterocycles. The second-order valence-corrected chi connectivity index (χ2v) is 7.46. The summed E-state index contributed by atoms with van der Waals surface area (Å²) in [5.74, 6) is 2.12. The Morgan fingerprint density at radius 3 is 2.88 bits per heavy atom. The molecule has 2 aliphatic rings. The number of ether oxygens (including phenoxy) is 1. The molecular formula is C19H26FN5O. The normalized spacial score (nSPS) is 21.5. The van der Waals surface area contributed by atoms with E-state index in [4.69, 9.17) is 4.74 Å². The number of nitrogens with zero attached hydrogens (tertiary/aromatic N) is 5. The lowest BCUT2D eigenvalue weighted by Gasteiger charge is -2.29. The van der Waals surface area contributed by atoms with Crippen molar-refractivity contribution in [2.75, 3.05) is 13.1 Å². The van der Waals surface area contributed by atoms with E-state index < -0.39 is 5.82 Å². The van der Waals surface area contributed by atoms with Crippen molar-refractivity contribution in [3.8, 4) is 5.88 Å². The van der Waals surface area contributed by atoms with Crippen molar-refractivity contribution in [1.82, 2.24) is 24.6 Å². The summed E-state index contributed by atoms with van der Waals surface area (Å²) < 4.78 is 21.3. The van der Waals surface area contributed by atoms with E-state index in [1.165, 1.54) is 44.5 Å². The summed E-state index contributed by atoms with van der Waals surface area (Å²) in [4.78, 5) is 6.52. The van der Waals surface area contributed by atoms with Gasteiger partial charge in [0.1, 0.15) is 12.4 Å². The average molecular weight is 359 g/mol. The lowest BCUT2D eigenvalue weighted by atomic mass is 10.1. The van der Waals surface area contributed by atoms with Crippen LogP contribution >= 0.6 is 0 Å². The molecule has 2 aromatic rings. The topological polar surface area (TPSA) is 56.1 Å². The zero-order chi connectivity index (χ0) is 17.9. The highest BCUT2D eigenvalue weighted by atomic mass is 19.1. The maximum atomic E-state index is 13.7. The Labute approximate surface area is 153 Å². The van der Waals surface area contributed by atoms with E-state index in [0.717, 1.165) is 37.1 Å². The standard InChI is InChI=1S/C19H26FN5O/c1-14-11-17-22-23-18(13-26-19-16(20)7-4-8-21-19)25(17)10-9-24(14)12-15-5-2-3-6-15/h4,7-8,14-15H,2-3,5-6,9-13H2,1H3. The summed E-state index contributed by atoms with van der Waals surface area (Å²) in [5.41, 5.74) is 0. The van der Waals surface area contributed by atoms with Crippen LogP contribution in [0.4, 0.5) is 4.39 Å². The number of fused-ring (bicyclic) bond motifs is 1. The van der Waals surface area contributed by atoms with Crippen LogP contribution in [0.3, 0.4) is 0 Å². The van der Waals surface area contributed by atoms with Gasteiger partial charge in [0.15, 0.2) is 11.6 Å². The van der Waals surface area contributed by atoms with Gasteiger partial charge in [-0.15, -0.1) is 10.2 Å². The van der Waals surface area contributed by atoms with Gasteiger partial charge in [-0.2, -0.15) is 0 Å². The molecule has 140 valence electrons. The predicted octanol–water partition coefficient (Wildman–Crippen LogP) is 2.83. The van der Waals surface area contributed by atoms with Gasteiger partial charge >= 0.3 is 0 Å². The molecule has 0 radical (unpaired) electrons. The van der Waals surface area contributed by atoms with Crippen molar-refractivity contribution in [2.45, 2.75) is 58.2 Å². The molecule has 0 bridgehead atoms. The third-order valence-corrected chi connectivity index (χ3v) is 5.65. The smallest absolute Gasteiger partial charge is 0.250 e. The molecule has 4 rings (SSSR count). The van der Waals surface area contributed by atoms with Crippen LogP contribution < -0.4 is 4.74 Å². The number of hydrogen-bond acceptors (Lipinski definition) is 5. The molecule has 0 spiro atoms.